The lowest BCUT2D eigenvalue weighted by molar-refractivity contribution is -0.128. The summed E-state index contributed by atoms with van der Waals surface area (Å²) in [6.45, 7) is 4.10. The highest BCUT2D eigenvalue weighted by Gasteiger charge is 2.38. The van der Waals surface area contributed by atoms with E-state index < -0.39 is 22.0 Å². The standard InChI is InChI=1S/C26H26N2O6S/c1-17-7-10-20(11-8-17)35(30,31)28-15-25(34-24-13-18(2)9-12-21(24)28)26(29)27-14-19-16-32-22-5-3-4-6-23(22)33-19/h3-13,19,25H,14-16H2,1-2H3,(H,27,29). The van der Waals surface area contributed by atoms with E-state index in [4.69, 9.17) is 14.2 Å². The third-order valence-electron chi connectivity index (χ3n) is 5.96. The summed E-state index contributed by atoms with van der Waals surface area (Å²) in [6, 6.07) is 19.2. The molecule has 0 radical (unpaired) electrons. The van der Waals surface area contributed by atoms with E-state index in [2.05, 4.69) is 5.32 Å². The van der Waals surface area contributed by atoms with Crippen LogP contribution in [0.2, 0.25) is 0 Å². The van der Waals surface area contributed by atoms with Crippen molar-refractivity contribution in [2.75, 3.05) is 24.0 Å². The summed E-state index contributed by atoms with van der Waals surface area (Å²) < 4.78 is 45.9. The zero-order valence-corrected chi connectivity index (χ0v) is 20.2. The number of rotatable bonds is 5. The maximum atomic E-state index is 13.5. The third-order valence-corrected chi connectivity index (χ3v) is 7.75. The Kier molecular flexibility index (Phi) is 6.02. The predicted molar refractivity (Wildman–Crippen MR) is 131 cm³/mol. The molecule has 9 heteroatoms. The lowest BCUT2D eigenvalue weighted by atomic mass is 10.1. The third kappa shape index (κ3) is 4.64. The molecule has 8 nitrogen and oxygen atoms in total. The maximum absolute atomic E-state index is 13.5. The second kappa shape index (κ2) is 9.14. The summed E-state index contributed by atoms with van der Waals surface area (Å²) >= 11 is 0. The van der Waals surface area contributed by atoms with E-state index in [1.807, 2.05) is 38.1 Å². The minimum atomic E-state index is -3.91. The van der Waals surface area contributed by atoms with Crippen molar-refractivity contribution in [3.8, 4) is 17.2 Å². The number of nitrogens with one attached hydrogen (secondary N) is 1. The Bertz CT molecular complexity index is 1360. The fourth-order valence-electron chi connectivity index (χ4n) is 4.05. The fraction of sp³-hybridized carbons (Fsp3) is 0.269. The number of fused-ring (bicyclic) bond motifs is 2. The lowest BCUT2D eigenvalue weighted by Crippen LogP contribution is -2.52. The summed E-state index contributed by atoms with van der Waals surface area (Å²) in [4.78, 5) is 13.2. The molecule has 0 fully saturated rings. The van der Waals surface area contributed by atoms with E-state index in [1.165, 1.54) is 4.31 Å². The normalized spacial score (nSPS) is 18.9. The number of hydrogen-bond acceptors (Lipinski definition) is 6. The van der Waals surface area contributed by atoms with Crippen molar-refractivity contribution >= 4 is 21.6 Å². The van der Waals surface area contributed by atoms with Crippen molar-refractivity contribution in [3.05, 3.63) is 77.9 Å². The van der Waals surface area contributed by atoms with Crippen LogP contribution in [0.25, 0.3) is 0 Å². The molecule has 2 aliphatic rings. The molecule has 5 rings (SSSR count). The van der Waals surface area contributed by atoms with Gasteiger partial charge in [0.2, 0.25) is 0 Å². The van der Waals surface area contributed by atoms with Crippen LogP contribution < -0.4 is 23.8 Å². The van der Waals surface area contributed by atoms with Crippen LogP contribution >= 0.6 is 0 Å². The Morgan fingerprint density at radius 3 is 2.43 bits per heavy atom. The van der Waals surface area contributed by atoms with Gasteiger partial charge in [0.25, 0.3) is 15.9 Å². The number of aryl methyl sites for hydroxylation is 2. The van der Waals surface area contributed by atoms with E-state index in [-0.39, 0.29) is 24.1 Å². The van der Waals surface area contributed by atoms with Gasteiger partial charge in [0.15, 0.2) is 17.6 Å². The molecule has 0 aliphatic carbocycles. The van der Waals surface area contributed by atoms with Crippen LogP contribution in [0, 0.1) is 13.8 Å². The van der Waals surface area contributed by atoms with Crippen LogP contribution in [0.4, 0.5) is 5.69 Å². The van der Waals surface area contributed by atoms with Crippen molar-refractivity contribution in [2.24, 2.45) is 0 Å². The van der Waals surface area contributed by atoms with Gasteiger partial charge in [-0.15, -0.1) is 0 Å². The van der Waals surface area contributed by atoms with Gasteiger partial charge >= 0.3 is 0 Å². The molecule has 3 aromatic carbocycles. The number of carbonyl (C=O) groups excluding carboxylic acids is 1. The second-order valence-corrected chi connectivity index (χ2v) is 10.5. The number of hydrogen-bond donors (Lipinski definition) is 1. The number of benzene rings is 3. The quantitative estimate of drug-likeness (QED) is 0.586. The molecule has 1 amide bonds. The second-order valence-electron chi connectivity index (χ2n) is 8.67. The molecule has 1 N–H and O–H groups in total. The first-order valence-electron chi connectivity index (χ1n) is 11.3. The van der Waals surface area contributed by atoms with Crippen molar-refractivity contribution in [2.45, 2.75) is 31.0 Å². The van der Waals surface area contributed by atoms with Crippen LogP contribution in [0.5, 0.6) is 17.2 Å². The fourth-order valence-corrected chi connectivity index (χ4v) is 5.53. The summed E-state index contributed by atoms with van der Waals surface area (Å²) in [5.74, 6) is 1.20. The van der Waals surface area contributed by atoms with Crippen molar-refractivity contribution in [1.82, 2.24) is 5.32 Å². The molecule has 35 heavy (non-hydrogen) atoms. The number of carbonyl (C=O) groups is 1. The molecular weight excluding hydrogens is 468 g/mol. The highest BCUT2D eigenvalue weighted by atomic mass is 32.2. The first-order valence-corrected chi connectivity index (χ1v) is 12.8. The van der Waals surface area contributed by atoms with Gasteiger partial charge < -0.3 is 19.5 Å². The Labute approximate surface area is 204 Å². The first kappa shape index (κ1) is 23.0. The van der Waals surface area contributed by atoms with Gasteiger partial charge in [-0.25, -0.2) is 8.42 Å². The number of para-hydroxylation sites is 2. The molecule has 0 bridgehead atoms. The van der Waals surface area contributed by atoms with Crippen LogP contribution in [0.3, 0.4) is 0 Å². The monoisotopic (exact) mass is 494 g/mol. The summed E-state index contributed by atoms with van der Waals surface area (Å²) in [7, 11) is -3.91. The van der Waals surface area contributed by atoms with E-state index in [0.29, 0.717) is 29.5 Å². The van der Waals surface area contributed by atoms with Crippen LogP contribution in [-0.4, -0.2) is 46.2 Å². The first-order chi connectivity index (χ1) is 16.8. The molecule has 3 aromatic rings. The number of sulfonamides is 1. The zero-order chi connectivity index (χ0) is 24.6. The summed E-state index contributed by atoms with van der Waals surface area (Å²) in [6.07, 6.45) is -1.40. The van der Waals surface area contributed by atoms with Gasteiger partial charge in [-0.05, 0) is 55.8 Å². The van der Waals surface area contributed by atoms with Crippen molar-refractivity contribution in [1.29, 1.82) is 0 Å². The predicted octanol–water partition coefficient (Wildman–Crippen LogP) is 3.22. The van der Waals surface area contributed by atoms with Crippen LogP contribution in [0.15, 0.2) is 71.6 Å². The number of ether oxygens (including phenoxy) is 3. The van der Waals surface area contributed by atoms with Gasteiger partial charge in [0, 0.05) is 0 Å². The highest BCUT2D eigenvalue weighted by molar-refractivity contribution is 7.92. The van der Waals surface area contributed by atoms with Crippen molar-refractivity contribution in [3.63, 3.8) is 0 Å². The minimum Gasteiger partial charge on any atom is -0.486 e. The topological polar surface area (TPSA) is 94.2 Å². The molecule has 0 spiro atoms. The van der Waals surface area contributed by atoms with Gasteiger partial charge in [0.1, 0.15) is 18.5 Å². The number of nitrogens with zero attached hydrogens (tertiary/aromatic N) is 1. The Hall–Kier alpha value is -3.72. The Balaban J connectivity index is 1.34. The van der Waals surface area contributed by atoms with Crippen LogP contribution in [0.1, 0.15) is 11.1 Å². The maximum Gasteiger partial charge on any atom is 0.264 e. The number of anilines is 1. The summed E-state index contributed by atoms with van der Waals surface area (Å²) in [5.41, 5.74) is 2.25. The van der Waals surface area contributed by atoms with Gasteiger partial charge in [-0.3, -0.25) is 9.10 Å². The Morgan fingerprint density at radius 1 is 0.943 bits per heavy atom. The smallest absolute Gasteiger partial charge is 0.264 e. The molecular formula is C26H26N2O6S. The van der Waals surface area contributed by atoms with E-state index in [1.54, 1.807) is 42.5 Å². The largest absolute Gasteiger partial charge is 0.486 e. The lowest BCUT2D eigenvalue weighted by Gasteiger charge is -2.35. The molecule has 2 aliphatic heterocycles. The number of amides is 1. The molecule has 0 saturated heterocycles. The van der Waals surface area contributed by atoms with E-state index in [9.17, 15) is 13.2 Å². The van der Waals surface area contributed by atoms with Crippen LogP contribution in [-0.2, 0) is 14.8 Å². The summed E-state index contributed by atoms with van der Waals surface area (Å²) in [5, 5.41) is 2.83. The zero-order valence-electron chi connectivity index (χ0n) is 19.4. The molecule has 2 unspecified atom stereocenters. The molecule has 2 atom stereocenters. The van der Waals surface area contributed by atoms with Gasteiger partial charge in [0.05, 0.1) is 23.7 Å². The molecule has 0 aromatic heterocycles. The van der Waals surface area contributed by atoms with Gasteiger partial charge in [-0.2, -0.15) is 0 Å². The average molecular weight is 495 g/mol. The minimum absolute atomic E-state index is 0.150. The molecule has 2 heterocycles. The van der Waals surface area contributed by atoms with Crippen molar-refractivity contribution < 1.29 is 27.4 Å². The Morgan fingerprint density at radius 2 is 1.66 bits per heavy atom. The molecule has 182 valence electrons. The van der Waals surface area contributed by atoms with E-state index >= 15 is 0 Å². The van der Waals surface area contributed by atoms with E-state index in [0.717, 1.165) is 11.1 Å². The highest BCUT2D eigenvalue weighted by Crippen LogP contribution is 2.38. The average Bonchev–Trinajstić information content (AvgIpc) is 2.86. The van der Waals surface area contributed by atoms with Gasteiger partial charge in [-0.1, -0.05) is 35.9 Å². The molecule has 0 saturated carbocycles. The SMILES string of the molecule is Cc1ccc(S(=O)(=O)N2CC(C(=O)NCC3COc4ccccc4O3)Oc3cc(C)ccc32)cc1.